The van der Waals surface area contributed by atoms with E-state index in [1.54, 1.807) is 42.5 Å². The number of likely N-dealkylation sites (tertiary alicyclic amines) is 1. The first-order valence-electron chi connectivity index (χ1n) is 9.28. The molecule has 28 heavy (non-hydrogen) atoms. The van der Waals surface area contributed by atoms with Gasteiger partial charge in [-0.25, -0.2) is 4.39 Å². The molecule has 6 heteroatoms. The van der Waals surface area contributed by atoms with Crippen molar-refractivity contribution in [1.29, 1.82) is 0 Å². The van der Waals surface area contributed by atoms with Crippen LogP contribution in [0.3, 0.4) is 0 Å². The Labute approximate surface area is 163 Å². The summed E-state index contributed by atoms with van der Waals surface area (Å²) in [6.45, 7) is 1.21. The molecular formula is C22H24FN2O3+. The minimum absolute atomic E-state index is 0.0417. The maximum absolute atomic E-state index is 13.4. The summed E-state index contributed by atoms with van der Waals surface area (Å²) in [4.78, 5) is 28.2. The fourth-order valence-electron chi connectivity index (χ4n) is 3.46. The van der Waals surface area contributed by atoms with Crippen molar-refractivity contribution in [3.8, 4) is 0 Å². The zero-order chi connectivity index (χ0) is 20.3. The number of amides is 1. The Bertz CT molecular complexity index is 892. The number of quaternary nitrogens is 1. The Morgan fingerprint density at radius 2 is 1.71 bits per heavy atom. The van der Waals surface area contributed by atoms with Gasteiger partial charge in [0.15, 0.2) is 0 Å². The van der Waals surface area contributed by atoms with Gasteiger partial charge in [-0.05, 0) is 17.7 Å². The van der Waals surface area contributed by atoms with E-state index in [0.717, 1.165) is 6.54 Å². The third kappa shape index (κ3) is 3.97. The number of hydrogen-bond acceptors (Lipinski definition) is 3. The summed E-state index contributed by atoms with van der Waals surface area (Å²) in [5, 5.41) is 10.8. The van der Waals surface area contributed by atoms with Gasteiger partial charge in [-0.3, -0.25) is 9.59 Å². The molecule has 0 spiro atoms. The zero-order valence-corrected chi connectivity index (χ0v) is 16.0. The Morgan fingerprint density at radius 1 is 1.07 bits per heavy atom. The Balaban J connectivity index is 2.07. The van der Waals surface area contributed by atoms with Gasteiger partial charge in [-0.15, -0.1) is 0 Å². The van der Waals surface area contributed by atoms with Crippen LogP contribution in [0.15, 0.2) is 60.2 Å². The van der Waals surface area contributed by atoms with Gasteiger partial charge in [0.1, 0.15) is 11.6 Å². The summed E-state index contributed by atoms with van der Waals surface area (Å²) in [6, 6.07) is 13.6. The molecule has 0 aliphatic carbocycles. The van der Waals surface area contributed by atoms with Crippen molar-refractivity contribution in [2.75, 3.05) is 27.2 Å². The Hall–Kier alpha value is -2.99. The van der Waals surface area contributed by atoms with Gasteiger partial charge in [0.2, 0.25) is 0 Å². The average Bonchev–Trinajstić information content (AvgIpc) is 2.93. The molecule has 0 bridgehead atoms. The van der Waals surface area contributed by atoms with Crippen LogP contribution in [-0.4, -0.2) is 48.9 Å². The largest absolute Gasteiger partial charge is 0.507 e. The quantitative estimate of drug-likeness (QED) is 0.454. The highest BCUT2D eigenvalue weighted by molar-refractivity contribution is 6.46. The zero-order valence-electron chi connectivity index (χ0n) is 16.0. The van der Waals surface area contributed by atoms with Gasteiger partial charge in [0, 0.05) is 18.5 Å². The molecule has 1 aliphatic rings. The summed E-state index contributed by atoms with van der Waals surface area (Å²) >= 11 is 0. The molecular weight excluding hydrogens is 359 g/mol. The van der Waals surface area contributed by atoms with Crippen LogP contribution >= 0.6 is 0 Å². The van der Waals surface area contributed by atoms with Crippen molar-refractivity contribution in [1.82, 2.24) is 4.90 Å². The number of aliphatic hydroxyl groups is 1. The second-order valence-corrected chi connectivity index (χ2v) is 7.22. The maximum Gasteiger partial charge on any atom is 0.295 e. The monoisotopic (exact) mass is 383 g/mol. The molecule has 1 aliphatic heterocycles. The summed E-state index contributed by atoms with van der Waals surface area (Å²) in [7, 11) is 4.03. The smallest absolute Gasteiger partial charge is 0.295 e. The highest BCUT2D eigenvalue weighted by atomic mass is 19.1. The summed E-state index contributed by atoms with van der Waals surface area (Å²) in [6.07, 6.45) is 0.707. The normalized spacial score (nSPS) is 18.9. The fraction of sp³-hybridized carbons (Fsp3) is 0.273. The topological polar surface area (TPSA) is 62.0 Å². The molecule has 0 aromatic heterocycles. The van der Waals surface area contributed by atoms with Crippen molar-refractivity contribution in [2.24, 2.45) is 0 Å². The molecule has 2 N–H and O–H groups in total. The Kier molecular flexibility index (Phi) is 5.90. The first kappa shape index (κ1) is 19.8. The van der Waals surface area contributed by atoms with Crippen molar-refractivity contribution in [2.45, 2.75) is 12.5 Å². The number of carbonyl (C=O) groups is 2. The molecule has 0 unspecified atom stereocenters. The lowest BCUT2D eigenvalue weighted by Gasteiger charge is -2.25. The van der Waals surface area contributed by atoms with Crippen LogP contribution in [0.2, 0.25) is 0 Å². The Morgan fingerprint density at radius 3 is 2.32 bits per heavy atom. The second kappa shape index (κ2) is 8.35. The van der Waals surface area contributed by atoms with E-state index in [4.69, 9.17) is 0 Å². The molecule has 1 atom stereocenters. The van der Waals surface area contributed by atoms with E-state index in [2.05, 4.69) is 0 Å². The SMILES string of the molecule is C[NH+](C)CCCN1C(=O)C(=O)C(=C(O)c2ccccc2)[C@H]1c1ccc(F)cc1. The third-order valence-corrected chi connectivity index (χ3v) is 4.85. The number of nitrogens with one attached hydrogen (secondary N) is 1. The number of aliphatic hydroxyl groups excluding tert-OH is 1. The van der Waals surface area contributed by atoms with E-state index in [-0.39, 0.29) is 11.3 Å². The van der Waals surface area contributed by atoms with Crippen LogP contribution in [0.5, 0.6) is 0 Å². The van der Waals surface area contributed by atoms with E-state index in [1.165, 1.54) is 21.9 Å². The van der Waals surface area contributed by atoms with E-state index in [9.17, 15) is 19.1 Å². The van der Waals surface area contributed by atoms with Crippen LogP contribution in [0, 0.1) is 5.82 Å². The number of Topliss-reactive ketones (excluding diaryl/α,β-unsaturated/α-hetero) is 1. The highest BCUT2D eigenvalue weighted by Crippen LogP contribution is 2.39. The number of ketones is 1. The molecule has 1 amide bonds. The van der Waals surface area contributed by atoms with Crippen molar-refractivity contribution < 1.29 is 24.0 Å². The lowest BCUT2D eigenvalue weighted by atomic mass is 9.95. The van der Waals surface area contributed by atoms with Gasteiger partial charge in [-0.1, -0.05) is 42.5 Å². The van der Waals surface area contributed by atoms with Crippen LogP contribution in [-0.2, 0) is 9.59 Å². The summed E-state index contributed by atoms with van der Waals surface area (Å²) < 4.78 is 13.4. The first-order valence-corrected chi connectivity index (χ1v) is 9.28. The molecule has 0 saturated carbocycles. The molecule has 3 rings (SSSR count). The first-order chi connectivity index (χ1) is 13.4. The molecule has 0 radical (unpaired) electrons. The number of hydrogen-bond donors (Lipinski definition) is 2. The van der Waals surface area contributed by atoms with E-state index < -0.39 is 23.5 Å². The van der Waals surface area contributed by atoms with Gasteiger partial charge < -0.3 is 14.9 Å². The van der Waals surface area contributed by atoms with Gasteiger partial charge in [0.25, 0.3) is 11.7 Å². The minimum Gasteiger partial charge on any atom is -0.507 e. The fourth-order valence-corrected chi connectivity index (χ4v) is 3.46. The summed E-state index contributed by atoms with van der Waals surface area (Å²) in [5.74, 6) is -1.97. The number of halogens is 1. The van der Waals surface area contributed by atoms with Gasteiger partial charge in [0.05, 0.1) is 32.3 Å². The third-order valence-electron chi connectivity index (χ3n) is 4.85. The molecule has 5 nitrogen and oxygen atoms in total. The van der Waals surface area contributed by atoms with E-state index >= 15 is 0 Å². The molecule has 1 fully saturated rings. The second-order valence-electron chi connectivity index (χ2n) is 7.22. The van der Waals surface area contributed by atoms with Crippen LogP contribution in [0.25, 0.3) is 5.76 Å². The average molecular weight is 383 g/mol. The lowest BCUT2D eigenvalue weighted by Crippen LogP contribution is -3.05. The minimum atomic E-state index is -0.738. The maximum atomic E-state index is 13.4. The van der Waals surface area contributed by atoms with Gasteiger partial charge in [-0.2, -0.15) is 0 Å². The van der Waals surface area contributed by atoms with Crippen molar-refractivity contribution >= 4 is 17.4 Å². The number of carbonyl (C=O) groups excluding carboxylic acids is 2. The van der Waals surface area contributed by atoms with Crippen LogP contribution in [0.4, 0.5) is 4.39 Å². The van der Waals surface area contributed by atoms with Gasteiger partial charge >= 0.3 is 0 Å². The van der Waals surface area contributed by atoms with Crippen molar-refractivity contribution in [3.63, 3.8) is 0 Å². The highest BCUT2D eigenvalue weighted by Gasteiger charge is 2.45. The van der Waals surface area contributed by atoms with Crippen molar-refractivity contribution in [3.05, 3.63) is 77.1 Å². The molecule has 2 aromatic rings. The predicted octanol–water partition coefficient (Wildman–Crippen LogP) is 1.78. The van der Waals surface area contributed by atoms with E-state index in [0.29, 0.717) is 24.1 Å². The molecule has 146 valence electrons. The lowest BCUT2D eigenvalue weighted by molar-refractivity contribution is -0.858. The number of benzene rings is 2. The molecule has 1 saturated heterocycles. The van der Waals surface area contributed by atoms with Crippen LogP contribution in [0.1, 0.15) is 23.6 Å². The van der Waals surface area contributed by atoms with E-state index in [1.807, 2.05) is 14.1 Å². The number of nitrogens with zero attached hydrogens (tertiary/aromatic N) is 1. The number of rotatable bonds is 6. The standard InChI is InChI=1S/C22H23FN2O3/c1-24(2)13-6-14-25-19(15-9-11-17(23)12-10-15)18(21(27)22(25)28)20(26)16-7-4-3-5-8-16/h3-5,7-12,19,26H,6,13-14H2,1-2H3/p+1/t19-/m1/s1. The predicted molar refractivity (Wildman–Crippen MR) is 104 cm³/mol. The van der Waals surface area contributed by atoms with Crippen LogP contribution < -0.4 is 4.90 Å². The molecule has 1 heterocycles. The summed E-state index contributed by atoms with van der Waals surface area (Å²) in [5.41, 5.74) is 1.10. The molecule has 2 aromatic carbocycles.